The van der Waals surface area contributed by atoms with E-state index < -0.39 is 0 Å². The van der Waals surface area contributed by atoms with Crippen molar-refractivity contribution in [2.24, 2.45) is 0 Å². The molecule has 0 aliphatic carbocycles. The molecule has 94 valence electrons. The van der Waals surface area contributed by atoms with Gasteiger partial charge in [-0.05, 0) is 31.2 Å². The number of carbonyl (C=O) groups is 1. The Labute approximate surface area is 102 Å². The Morgan fingerprint density at radius 3 is 2.71 bits per heavy atom. The fourth-order valence-corrected chi connectivity index (χ4v) is 1.53. The largest absolute Gasteiger partial charge is 0.492 e. The van der Waals surface area contributed by atoms with Crippen LogP contribution in [0.15, 0.2) is 18.2 Å². The van der Waals surface area contributed by atoms with Gasteiger partial charge in [0.15, 0.2) is 0 Å². The molecule has 0 aliphatic heterocycles. The first-order valence-electron chi connectivity index (χ1n) is 5.91. The molecule has 1 rings (SSSR count). The third-order valence-corrected chi connectivity index (χ3v) is 2.23. The third-order valence-electron chi connectivity index (χ3n) is 2.23. The standard InChI is InChI=1S/C13H20N2O2/c1-4-14-9-11-6-7-13(17-5-2)12(8-11)15-10(3)16/h6-8,14H,4-5,9H2,1-3H3,(H,15,16). The maximum Gasteiger partial charge on any atom is 0.221 e. The Balaban J connectivity index is 2.88. The van der Waals surface area contributed by atoms with Crippen LogP contribution in [0.4, 0.5) is 5.69 Å². The van der Waals surface area contributed by atoms with Crippen molar-refractivity contribution in [3.63, 3.8) is 0 Å². The van der Waals surface area contributed by atoms with Crippen LogP contribution in [0.25, 0.3) is 0 Å². The van der Waals surface area contributed by atoms with Crippen molar-refractivity contribution in [2.75, 3.05) is 18.5 Å². The zero-order valence-corrected chi connectivity index (χ0v) is 10.7. The molecule has 0 spiro atoms. The van der Waals surface area contributed by atoms with Crippen molar-refractivity contribution >= 4 is 11.6 Å². The minimum Gasteiger partial charge on any atom is -0.492 e. The van der Waals surface area contributed by atoms with Crippen molar-refractivity contribution in [3.8, 4) is 5.75 Å². The van der Waals surface area contributed by atoms with E-state index in [2.05, 4.69) is 17.6 Å². The lowest BCUT2D eigenvalue weighted by molar-refractivity contribution is -0.114. The molecule has 0 unspecified atom stereocenters. The third kappa shape index (κ3) is 4.44. The van der Waals surface area contributed by atoms with Gasteiger partial charge in [-0.25, -0.2) is 0 Å². The second-order valence-electron chi connectivity index (χ2n) is 3.73. The normalized spacial score (nSPS) is 10.1. The van der Waals surface area contributed by atoms with Gasteiger partial charge in [-0.2, -0.15) is 0 Å². The molecule has 4 heteroatoms. The highest BCUT2D eigenvalue weighted by atomic mass is 16.5. The van der Waals surface area contributed by atoms with Gasteiger partial charge in [-0.3, -0.25) is 4.79 Å². The van der Waals surface area contributed by atoms with E-state index >= 15 is 0 Å². The van der Waals surface area contributed by atoms with Gasteiger partial charge in [0, 0.05) is 13.5 Å². The molecule has 0 saturated heterocycles. The Morgan fingerprint density at radius 2 is 2.12 bits per heavy atom. The van der Waals surface area contributed by atoms with Crippen LogP contribution in [-0.2, 0) is 11.3 Å². The fourth-order valence-electron chi connectivity index (χ4n) is 1.53. The molecule has 0 fully saturated rings. The lowest BCUT2D eigenvalue weighted by atomic mass is 10.2. The molecule has 0 aliphatic rings. The quantitative estimate of drug-likeness (QED) is 0.795. The van der Waals surface area contributed by atoms with Gasteiger partial charge >= 0.3 is 0 Å². The molecule has 0 aromatic heterocycles. The number of ether oxygens (including phenoxy) is 1. The summed E-state index contributed by atoms with van der Waals surface area (Å²) in [7, 11) is 0. The zero-order valence-electron chi connectivity index (χ0n) is 10.7. The van der Waals surface area contributed by atoms with Crippen molar-refractivity contribution in [1.29, 1.82) is 0 Å². The number of hydrogen-bond donors (Lipinski definition) is 2. The summed E-state index contributed by atoms with van der Waals surface area (Å²) in [5, 5.41) is 6.03. The number of nitrogens with one attached hydrogen (secondary N) is 2. The first-order valence-corrected chi connectivity index (χ1v) is 5.91. The lowest BCUT2D eigenvalue weighted by Gasteiger charge is -2.12. The number of benzene rings is 1. The van der Waals surface area contributed by atoms with Crippen molar-refractivity contribution < 1.29 is 9.53 Å². The fraction of sp³-hybridized carbons (Fsp3) is 0.462. The van der Waals surface area contributed by atoms with Crippen molar-refractivity contribution in [2.45, 2.75) is 27.3 Å². The molecule has 1 aromatic rings. The predicted octanol–water partition coefficient (Wildman–Crippen LogP) is 2.15. The molecule has 0 bridgehead atoms. The number of amides is 1. The first kappa shape index (κ1) is 13.5. The Morgan fingerprint density at radius 1 is 1.35 bits per heavy atom. The van der Waals surface area contributed by atoms with E-state index in [0.717, 1.165) is 24.3 Å². The van der Waals surface area contributed by atoms with E-state index in [1.165, 1.54) is 6.92 Å². The predicted molar refractivity (Wildman–Crippen MR) is 69.3 cm³/mol. The van der Waals surface area contributed by atoms with Gasteiger partial charge < -0.3 is 15.4 Å². The number of anilines is 1. The van der Waals surface area contributed by atoms with Gasteiger partial charge in [0.2, 0.25) is 5.91 Å². The average Bonchev–Trinajstić information content (AvgIpc) is 2.29. The van der Waals surface area contributed by atoms with Crippen LogP contribution in [-0.4, -0.2) is 19.1 Å². The summed E-state index contributed by atoms with van der Waals surface area (Å²) in [5.41, 5.74) is 1.86. The summed E-state index contributed by atoms with van der Waals surface area (Å²) in [5.74, 6) is 0.620. The molecule has 0 heterocycles. The minimum atomic E-state index is -0.0912. The van der Waals surface area contributed by atoms with E-state index in [1.807, 2.05) is 25.1 Å². The summed E-state index contributed by atoms with van der Waals surface area (Å²) in [4.78, 5) is 11.1. The number of hydrogen-bond acceptors (Lipinski definition) is 3. The average molecular weight is 236 g/mol. The maximum absolute atomic E-state index is 11.1. The molecular weight excluding hydrogens is 216 g/mol. The molecular formula is C13H20N2O2. The van der Waals surface area contributed by atoms with E-state index in [0.29, 0.717) is 12.4 Å². The number of carbonyl (C=O) groups excluding carboxylic acids is 1. The molecule has 0 atom stereocenters. The highest BCUT2D eigenvalue weighted by Gasteiger charge is 2.06. The van der Waals surface area contributed by atoms with Crippen LogP contribution in [0, 0.1) is 0 Å². The van der Waals surface area contributed by atoms with Crippen LogP contribution < -0.4 is 15.4 Å². The van der Waals surface area contributed by atoms with Crippen molar-refractivity contribution in [3.05, 3.63) is 23.8 Å². The van der Waals surface area contributed by atoms with Crippen LogP contribution in [0.3, 0.4) is 0 Å². The second kappa shape index (κ2) is 6.91. The minimum absolute atomic E-state index is 0.0912. The molecule has 1 amide bonds. The molecule has 0 radical (unpaired) electrons. The van der Waals surface area contributed by atoms with Crippen LogP contribution in [0.2, 0.25) is 0 Å². The van der Waals surface area contributed by atoms with E-state index in [-0.39, 0.29) is 5.91 Å². The highest BCUT2D eigenvalue weighted by molar-refractivity contribution is 5.90. The Bertz CT molecular complexity index is 378. The van der Waals surface area contributed by atoms with E-state index in [9.17, 15) is 4.79 Å². The van der Waals surface area contributed by atoms with Gasteiger partial charge in [0.05, 0.1) is 12.3 Å². The van der Waals surface area contributed by atoms with E-state index in [4.69, 9.17) is 4.74 Å². The van der Waals surface area contributed by atoms with Crippen LogP contribution in [0.1, 0.15) is 26.3 Å². The van der Waals surface area contributed by atoms with Crippen LogP contribution in [0.5, 0.6) is 5.75 Å². The Hall–Kier alpha value is -1.55. The van der Waals surface area contributed by atoms with E-state index in [1.54, 1.807) is 0 Å². The second-order valence-corrected chi connectivity index (χ2v) is 3.73. The topological polar surface area (TPSA) is 50.4 Å². The molecule has 1 aromatic carbocycles. The van der Waals surface area contributed by atoms with Gasteiger partial charge in [-0.15, -0.1) is 0 Å². The summed E-state index contributed by atoms with van der Waals surface area (Å²) >= 11 is 0. The van der Waals surface area contributed by atoms with Gasteiger partial charge in [0.25, 0.3) is 0 Å². The van der Waals surface area contributed by atoms with Gasteiger partial charge in [0.1, 0.15) is 5.75 Å². The van der Waals surface area contributed by atoms with Crippen LogP contribution >= 0.6 is 0 Å². The van der Waals surface area contributed by atoms with Crippen molar-refractivity contribution in [1.82, 2.24) is 5.32 Å². The number of rotatable bonds is 6. The summed E-state index contributed by atoms with van der Waals surface area (Å²) in [6.07, 6.45) is 0. The first-order chi connectivity index (χ1) is 8.17. The summed E-state index contributed by atoms with van der Waals surface area (Å²) in [6, 6.07) is 5.83. The molecule has 4 nitrogen and oxygen atoms in total. The smallest absolute Gasteiger partial charge is 0.221 e. The lowest BCUT2D eigenvalue weighted by Crippen LogP contribution is -2.13. The summed E-state index contributed by atoms with van der Waals surface area (Å²) in [6.45, 7) is 7.76. The molecule has 0 saturated carbocycles. The maximum atomic E-state index is 11.1. The molecule has 17 heavy (non-hydrogen) atoms. The zero-order chi connectivity index (χ0) is 12.7. The summed E-state index contributed by atoms with van der Waals surface area (Å²) < 4.78 is 5.46. The Kier molecular flexibility index (Phi) is 5.49. The van der Waals surface area contributed by atoms with Gasteiger partial charge in [-0.1, -0.05) is 13.0 Å². The monoisotopic (exact) mass is 236 g/mol. The SMILES string of the molecule is CCNCc1ccc(OCC)c(NC(C)=O)c1. The molecule has 2 N–H and O–H groups in total. The highest BCUT2D eigenvalue weighted by Crippen LogP contribution is 2.25.